The molecule has 15 heavy (non-hydrogen) atoms. The van der Waals surface area contributed by atoms with E-state index in [1.807, 2.05) is 6.92 Å². The van der Waals surface area contributed by atoms with E-state index in [-0.39, 0.29) is 0 Å². The maximum absolute atomic E-state index is 5.67. The highest BCUT2D eigenvalue weighted by Gasteiger charge is 2.20. The van der Waals surface area contributed by atoms with Gasteiger partial charge in [0, 0.05) is 11.6 Å². The summed E-state index contributed by atoms with van der Waals surface area (Å²) in [4.78, 5) is 0. The average Bonchev–Trinajstić information content (AvgIpc) is 2.29. The second-order valence-electron chi connectivity index (χ2n) is 3.92. The normalized spacial score (nSPS) is 19.7. The van der Waals surface area contributed by atoms with Crippen LogP contribution in [0.1, 0.15) is 37.4 Å². The summed E-state index contributed by atoms with van der Waals surface area (Å²) < 4.78 is 5.67. The van der Waals surface area contributed by atoms with Gasteiger partial charge in [-0.3, -0.25) is 0 Å². The first kappa shape index (κ1) is 10.5. The molecule has 0 aliphatic carbocycles. The van der Waals surface area contributed by atoms with Crippen LogP contribution in [0.2, 0.25) is 0 Å². The van der Waals surface area contributed by atoms with Crippen LogP contribution in [-0.2, 0) is 6.42 Å². The maximum Gasteiger partial charge on any atom is 0.122 e. The molecule has 0 amide bonds. The van der Waals surface area contributed by atoms with Crippen LogP contribution in [0.15, 0.2) is 18.2 Å². The second-order valence-corrected chi connectivity index (χ2v) is 3.92. The van der Waals surface area contributed by atoms with Gasteiger partial charge in [0.2, 0.25) is 0 Å². The molecule has 1 atom stereocenters. The van der Waals surface area contributed by atoms with Crippen molar-refractivity contribution in [2.45, 2.75) is 32.7 Å². The van der Waals surface area contributed by atoms with Crippen molar-refractivity contribution in [1.29, 1.82) is 0 Å². The van der Waals surface area contributed by atoms with E-state index < -0.39 is 0 Å². The van der Waals surface area contributed by atoms with Crippen LogP contribution < -0.4 is 10.1 Å². The first-order valence-electron chi connectivity index (χ1n) is 5.84. The Labute approximate surface area is 91.6 Å². The highest BCUT2D eigenvalue weighted by Crippen LogP contribution is 2.31. The second kappa shape index (κ2) is 4.67. The number of benzene rings is 1. The van der Waals surface area contributed by atoms with Crippen LogP contribution >= 0.6 is 0 Å². The molecule has 0 saturated heterocycles. The molecule has 82 valence electrons. The molecule has 2 rings (SSSR count). The highest BCUT2D eigenvalue weighted by atomic mass is 16.5. The molecule has 1 aromatic carbocycles. The lowest BCUT2D eigenvalue weighted by atomic mass is 9.92. The van der Waals surface area contributed by atoms with Crippen molar-refractivity contribution in [2.75, 3.05) is 13.2 Å². The predicted molar refractivity (Wildman–Crippen MR) is 62.3 cm³/mol. The smallest absolute Gasteiger partial charge is 0.122 e. The van der Waals surface area contributed by atoms with E-state index in [0.717, 1.165) is 31.7 Å². The molecule has 0 fully saturated rings. The number of hydrogen-bond acceptors (Lipinski definition) is 2. The summed E-state index contributed by atoms with van der Waals surface area (Å²) in [6.45, 7) is 6.08. The predicted octanol–water partition coefficient (Wildman–Crippen LogP) is 2.68. The van der Waals surface area contributed by atoms with Crippen LogP contribution in [0.5, 0.6) is 5.75 Å². The standard InChI is InChI=1S/C13H19NO/c1-3-12-10-6-5-7-13(15-4-2)11(10)8-9-14-12/h5-7,12,14H,3-4,8-9H2,1-2H3. The van der Waals surface area contributed by atoms with Crippen molar-refractivity contribution in [3.05, 3.63) is 29.3 Å². The molecule has 0 saturated carbocycles. The van der Waals surface area contributed by atoms with E-state index in [1.54, 1.807) is 0 Å². The van der Waals surface area contributed by atoms with Gasteiger partial charge in [0.25, 0.3) is 0 Å². The van der Waals surface area contributed by atoms with Gasteiger partial charge in [0.15, 0.2) is 0 Å². The number of hydrogen-bond donors (Lipinski definition) is 1. The van der Waals surface area contributed by atoms with Crippen LogP contribution in [0.4, 0.5) is 0 Å². The van der Waals surface area contributed by atoms with Gasteiger partial charge in [0.1, 0.15) is 5.75 Å². The molecule has 1 N–H and O–H groups in total. The van der Waals surface area contributed by atoms with Crippen molar-refractivity contribution in [3.8, 4) is 5.75 Å². The molecule has 0 spiro atoms. The summed E-state index contributed by atoms with van der Waals surface area (Å²) in [6, 6.07) is 6.91. The van der Waals surface area contributed by atoms with E-state index in [0.29, 0.717) is 6.04 Å². The van der Waals surface area contributed by atoms with Crippen LogP contribution in [-0.4, -0.2) is 13.2 Å². The average molecular weight is 205 g/mol. The summed E-state index contributed by atoms with van der Waals surface area (Å²) in [7, 11) is 0. The van der Waals surface area contributed by atoms with E-state index in [9.17, 15) is 0 Å². The van der Waals surface area contributed by atoms with E-state index in [1.165, 1.54) is 11.1 Å². The fourth-order valence-electron chi connectivity index (χ4n) is 2.31. The van der Waals surface area contributed by atoms with Crippen molar-refractivity contribution in [3.63, 3.8) is 0 Å². The largest absolute Gasteiger partial charge is 0.494 e. The minimum Gasteiger partial charge on any atom is -0.494 e. The molecule has 0 aromatic heterocycles. The Kier molecular flexibility index (Phi) is 3.27. The van der Waals surface area contributed by atoms with E-state index >= 15 is 0 Å². The number of ether oxygens (including phenoxy) is 1. The van der Waals surface area contributed by atoms with Crippen molar-refractivity contribution < 1.29 is 4.74 Å². The molecule has 0 bridgehead atoms. The molecule has 1 heterocycles. The van der Waals surface area contributed by atoms with Crippen LogP contribution in [0, 0.1) is 0 Å². The molecule has 1 aromatic rings. The van der Waals surface area contributed by atoms with Crippen molar-refractivity contribution in [2.24, 2.45) is 0 Å². The molecular formula is C13H19NO. The summed E-state index contributed by atoms with van der Waals surface area (Å²) in [6.07, 6.45) is 2.23. The van der Waals surface area contributed by atoms with Gasteiger partial charge >= 0.3 is 0 Å². The molecule has 1 unspecified atom stereocenters. The van der Waals surface area contributed by atoms with Gasteiger partial charge in [0.05, 0.1) is 6.61 Å². The van der Waals surface area contributed by atoms with Gasteiger partial charge in [-0.2, -0.15) is 0 Å². The lowest BCUT2D eigenvalue weighted by Gasteiger charge is -2.27. The lowest BCUT2D eigenvalue weighted by molar-refractivity contribution is 0.332. The topological polar surface area (TPSA) is 21.3 Å². The zero-order valence-electron chi connectivity index (χ0n) is 9.55. The minimum absolute atomic E-state index is 0.508. The zero-order valence-corrected chi connectivity index (χ0v) is 9.55. The van der Waals surface area contributed by atoms with Gasteiger partial charge in [-0.15, -0.1) is 0 Å². The number of fused-ring (bicyclic) bond motifs is 1. The minimum atomic E-state index is 0.508. The SMILES string of the molecule is CCOc1cccc2c1CCNC2CC. The highest BCUT2D eigenvalue weighted by molar-refractivity contribution is 5.43. The molecule has 1 aliphatic rings. The monoisotopic (exact) mass is 205 g/mol. The third-order valence-corrected chi connectivity index (χ3v) is 3.02. The molecule has 2 nitrogen and oxygen atoms in total. The third kappa shape index (κ3) is 2.00. The molecule has 2 heteroatoms. The number of nitrogens with one attached hydrogen (secondary N) is 1. The quantitative estimate of drug-likeness (QED) is 0.819. The van der Waals surface area contributed by atoms with Gasteiger partial charge < -0.3 is 10.1 Å². The first-order valence-corrected chi connectivity index (χ1v) is 5.84. The summed E-state index contributed by atoms with van der Waals surface area (Å²) in [5.41, 5.74) is 2.83. The van der Waals surface area contributed by atoms with Gasteiger partial charge in [-0.1, -0.05) is 19.1 Å². The fourth-order valence-corrected chi connectivity index (χ4v) is 2.31. The first-order chi connectivity index (χ1) is 7.36. The Morgan fingerprint density at radius 2 is 2.27 bits per heavy atom. The zero-order chi connectivity index (χ0) is 10.7. The Balaban J connectivity index is 2.37. The Hall–Kier alpha value is -1.02. The van der Waals surface area contributed by atoms with Crippen molar-refractivity contribution in [1.82, 2.24) is 5.32 Å². The van der Waals surface area contributed by atoms with Gasteiger partial charge in [-0.25, -0.2) is 0 Å². The van der Waals surface area contributed by atoms with E-state index in [4.69, 9.17) is 4.74 Å². The van der Waals surface area contributed by atoms with Crippen LogP contribution in [0.25, 0.3) is 0 Å². The third-order valence-electron chi connectivity index (χ3n) is 3.02. The molecular weight excluding hydrogens is 186 g/mol. The van der Waals surface area contributed by atoms with Gasteiger partial charge in [-0.05, 0) is 37.9 Å². The summed E-state index contributed by atoms with van der Waals surface area (Å²) in [5, 5.41) is 3.54. The summed E-state index contributed by atoms with van der Waals surface area (Å²) in [5.74, 6) is 1.08. The number of rotatable bonds is 3. The Morgan fingerprint density at radius 3 is 3.00 bits per heavy atom. The summed E-state index contributed by atoms with van der Waals surface area (Å²) >= 11 is 0. The lowest BCUT2D eigenvalue weighted by Crippen LogP contribution is -2.29. The molecule has 1 aliphatic heterocycles. The van der Waals surface area contributed by atoms with Crippen molar-refractivity contribution >= 4 is 0 Å². The fraction of sp³-hybridized carbons (Fsp3) is 0.538. The Morgan fingerprint density at radius 1 is 1.40 bits per heavy atom. The van der Waals surface area contributed by atoms with Crippen LogP contribution in [0.3, 0.4) is 0 Å². The Bertz CT molecular complexity index is 335. The maximum atomic E-state index is 5.67. The van der Waals surface area contributed by atoms with E-state index in [2.05, 4.69) is 30.4 Å². The molecule has 0 radical (unpaired) electrons.